The molecule has 2 rings (SSSR count). The van der Waals surface area contributed by atoms with Gasteiger partial charge in [-0.3, -0.25) is 0 Å². The molecule has 2 N–H and O–H groups in total. The molecule has 94 valence electrons. The number of nitrogen functional groups attached to an aromatic ring is 1. The topological polar surface area (TPSA) is 63.4 Å². The number of sulfonamides is 1. The van der Waals surface area contributed by atoms with Gasteiger partial charge in [0.05, 0.1) is 4.90 Å². The molecule has 0 bridgehead atoms. The summed E-state index contributed by atoms with van der Waals surface area (Å²) in [5.74, 6) is 0. The van der Waals surface area contributed by atoms with E-state index in [4.69, 9.17) is 5.73 Å². The summed E-state index contributed by atoms with van der Waals surface area (Å²) in [5.41, 5.74) is 6.89. The molecule has 0 aliphatic heterocycles. The summed E-state index contributed by atoms with van der Waals surface area (Å²) in [7, 11) is -1.74. The number of benzene rings is 1. The van der Waals surface area contributed by atoms with E-state index in [-0.39, 0.29) is 6.04 Å². The van der Waals surface area contributed by atoms with Crippen molar-refractivity contribution in [3.63, 3.8) is 0 Å². The zero-order chi connectivity index (χ0) is 12.6. The molecule has 0 atom stereocenters. The van der Waals surface area contributed by atoms with Crippen LogP contribution in [0.1, 0.15) is 24.8 Å². The summed E-state index contributed by atoms with van der Waals surface area (Å²) in [4.78, 5) is 0.326. The van der Waals surface area contributed by atoms with Gasteiger partial charge in [-0.2, -0.15) is 4.31 Å². The van der Waals surface area contributed by atoms with E-state index in [9.17, 15) is 8.42 Å². The summed E-state index contributed by atoms with van der Waals surface area (Å²) >= 11 is 0. The molecule has 0 radical (unpaired) electrons. The summed E-state index contributed by atoms with van der Waals surface area (Å²) < 4.78 is 26.3. The summed E-state index contributed by atoms with van der Waals surface area (Å²) in [6.45, 7) is 1.79. The number of hydrogen-bond donors (Lipinski definition) is 1. The Morgan fingerprint density at radius 3 is 2.53 bits per heavy atom. The third kappa shape index (κ3) is 2.17. The first-order valence-corrected chi connectivity index (χ1v) is 7.21. The molecule has 1 aliphatic carbocycles. The molecular formula is C12H18N2O2S. The van der Waals surface area contributed by atoms with Crippen LogP contribution in [0.4, 0.5) is 5.69 Å². The van der Waals surface area contributed by atoms with E-state index in [0.717, 1.165) is 24.8 Å². The van der Waals surface area contributed by atoms with Crippen molar-refractivity contribution in [2.45, 2.75) is 37.1 Å². The van der Waals surface area contributed by atoms with Gasteiger partial charge in [-0.1, -0.05) is 12.5 Å². The molecule has 5 heteroatoms. The maximum atomic E-state index is 12.4. The Morgan fingerprint density at radius 2 is 2.00 bits per heavy atom. The van der Waals surface area contributed by atoms with Crippen LogP contribution in [-0.2, 0) is 10.0 Å². The zero-order valence-corrected chi connectivity index (χ0v) is 11.0. The van der Waals surface area contributed by atoms with Crippen molar-refractivity contribution in [3.05, 3.63) is 23.8 Å². The smallest absolute Gasteiger partial charge is 0.243 e. The highest BCUT2D eigenvalue weighted by Gasteiger charge is 2.32. The second-order valence-corrected chi connectivity index (χ2v) is 6.60. The highest BCUT2D eigenvalue weighted by atomic mass is 32.2. The Hall–Kier alpha value is -1.07. The van der Waals surface area contributed by atoms with Crippen LogP contribution in [0.5, 0.6) is 0 Å². The fourth-order valence-electron chi connectivity index (χ4n) is 2.00. The SMILES string of the molecule is Cc1ccc(N)cc1S(=O)(=O)N(C)C1CCC1. The third-order valence-electron chi connectivity index (χ3n) is 3.46. The van der Waals surface area contributed by atoms with Gasteiger partial charge in [0.25, 0.3) is 0 Å². The molecule has 1 saturated carbocycles. The summed E-state index contributed by atoms with van der Waals surface area (Å²) in [6, 6.07) is 5.16. The van der Waals surface area contributed by atoms with Crippen molar-refractivity contribution >= 4 is 15.7 Å². The average molecular weight is 254 g/mol. The van der Waals surface area contributed by atoms with Gasteiger partial charge in [-0.25, -0.2) is 8.42 Å². The van der Waals surface area contributed by atoms with E-state index < -0.39 is 10.0 Å². The van der Waals surface area contributed by atoms with Gasteiger partial charge in [-0.05, 0) is 37.5 Å². The van der Waals surface area contributed by atoms with Crippen molar-refractivity contribution in [1.29, 1.82) is 0 Å². The zero-order valence-electron chi connectivity index (χ0n) is 10.2. The molecule has 1 fully saturated rings. The standard InChI is InChI=1S/C12H18N2O2S/c1-9-6-7-10(13)8-12(9)17(15,16)14(2)11-4-3-5-11/h6-8,11H,3-5,13H2,1-2H3. The number of rotatable bonds is 3. The lowest BCUT2D eigenvalue weighted by Crippen LogP contribution is -2.41. The van der Waals surface area contributed by atoms with Crippen LogP contribution < -0.4 is 5.73 Å². The Kier molecular flexibility index (Phi) is 3.14. The van der Waals surface area contributed by atoms with Crippen LogP contribution in [0, 0.1) is 6.92 Å². The number of aryl methyl sites for hydroxylation is 1. The highest BCUT2D eigenvalue weighted by molar-refractivity contribution is 7.89. The summed E-state index contributed by atoms with van der Waals surface area (Å²) in [6.07, 6.45) is 3.02. The Labute approximate surface area is 102 Å². The molecular weight excluding hydrogens is 236 g/mol. The number of nitrogens with two attached hydrogens (primary N) is 1. The highest BCUT2D eigenvalue weighted by Crippen LogP contribution is 2.30. The minimum atomic E-state index is -3.40. The van der Waals surface area contributed by atoms with Crippen molar-refractivity contribution in [3.8, 4) is 0 Å². The van der Waals surface area contributed by atoms with E-state index in [0.29, 0.717) is 10.6 Å². The molecule has 1 aromatic carbocycles. The Morgan fingerprint density at radius 1 is 1.35 bits per heavy atom. The van der Waals surface area contributed by atoms with Crippen LogP contribution in [0.3, 0.4) is 0 Å². The van der Waals surface area contributed by atoms with Crippen LogP contribution >= 0.6 is 0 Å². The lowest BCUT2D eigenvalue weighted by atomic mass is 9.94. The van der Waals surface area contributed by atoms with Gasteiger partial charge in [0.1, 0.15) is 0 Å². The lowest BCUT2D eigenvalue weighted by molar-refractivity contribution is 0.249. The Bertz CT molecular complexity index is 521. The van der Waals surface area contributed by atoms with E-state index in [1.54, 1.807) is 32.2 Å². The molecule has 1 aliphatic rings. The van der Waals surface area contributed by atoms with Crippen molar-refractivity contribution < 1.29 is 8.42 Å². The molecule has 0 saturated heterocycles. The molecule has 1 aromatic rings. The molecule has 17 heavy (non-hydrogen) atoms. The monoisotopic (exact) mass is 254 g/mol. The summed E-state index contributed by atoms with van der Waals surface area (Å²) in [5, 5.41) is 0. The van der Waals surface area contributed by atoms with Gasteiger partial charge < -0.3 is 5.73 Å². The first kappa shape index (κ1) is 12.4. The second-order valence-electron chi connectivity index (χ2n) is 4.63. The first-order chi connectivity index (χ1) is 7.93. The van der Waals surface area contributed by atoms with Crippen LogP contribution in [0.2, 0.25) is 0 Å². The van der Waals surface area contributed by atoms with Crippen LogP contribution in [0.15, 0.2) is 23.1 Å². The predicted molar refractivity (Wildman–Crippen MR) is 68.2 cm³/mol. The van der Waals surface area contributed by atoms with Crippen molar-refractivity contribution in [2.24, 2.45) is 0 Å². The second kappa shape index (κ2) is 4.31. The van der Waals surface area contributed by atoms with E-state index in [1.165, 1.54) is 4.31 Å². The van der Waals surface area contributed by atoms with Crippen molar-refractivity contribution in [2.75, 3.05) is 12.8 Å². The van der Waals surface area contributed by atoms with Gasteiger partial charge in [-0.15, -0.1) is 0 Å². The fraction of sp³-hybridized carbons (Fsp3) is 0.500. The van der Waals surface area contributed by atoms with Gasteiger partial charge in [0, 0.05) is 18.8 Å². The lowest BCUT2D eigenvalue weighted by Gasteiger charge is -2.34. The maximum Gasteiger partial charge on any atom is 0.243 e. The minimum absolute atomic E-state index is 0.154. The average Bonchev–Trinajstić information content (AvgIpc) is 2.19. The van der Waals surface area contributed by atoms with Crippen LogP contribution in [-0.4, -0.2) is 25.8 Å². The van der Waals surface area contributed by atoms with Crippen LogP contribution in [0.25, 0.3) is 0 Å². The largest absolute Gasteiger partial charge is 0.399 e. The van der Waals surface area contributed by atoms with E-state index in [1.807, 2.05) is 0 Å². The molecule has 0 aromatic heterocycles. The van der Waals surface area contributed by atoms with Gasteiger partial charge >= 0.3 is 0 Å². The Balaban J connectivity index is 2.39. The first-order valence-electron chi connectivity index (χ1n) is 5.77. The maximum absolute atomic E-state index is 12.4. The number of anilines is 1. The van der Waals surface area contributed by atoms with Gasteiger partial charge in [0.2, 0.25) is 10.0 Å². The normalized spacial score (nSPS) is 17.1. The molecule has 0 unspecified atom stereocenters. The molecule has 0 spiro atoms. The molecule has 0 heterocycles. The van der Waals surface area contributed by atoms with E-state index >= 15 is 0 Å². The fourth-order valence-corrected chi connectivity index (χ4v) is 3.67. The quantitative estimate of drug-likeness (QED) is 0.836. The minimum Gasteiger partial charge on any atom is -0.399 e. The van der Waals surface area contributed by atoms with Gasteiger partial charge in [0.15, 0.2) is 0 Å². The third-order valence-corrected chi connectivity index (χ3v) is 5.51. The number of hydrogen-bond acceptors (Lipinski definition) is 3. The van der Waals surface area contributed by atoms with Crippen molar-refractivity contribution in [1.82, 2.24) is 4.31 Å². The molecule has 0 amide bonds. The van der Waals surface area contributed by atoms with E-state index in [2.05, 4.69) is 0 Å². The predicted octanol–water partition coefficient (Wildman–Crippen LogP) is 1.75. The molecule has 4 nitrogen and oxygen atoms in total. The number of nitrogens with zero attached hydrogens (tertiary/aromatic N) is 1.